The van der Waals surface area contributed by atoms with Gasteiger partial charge in [-0.2, -0.15) is 13.2 Å². The zero-order valence-electron chi connectivity index (χ0n) is 11.5. The van der Waals surface area contributed by atoms with E-state index in [1.807, 2.05) is 0 Å². The minimum atomic E-state index is -4.49. The van der Waals surface area contributed by atoms with E-state index < -0.39 is 11.7 Å². The number of fused-ring (bicyclic) bond motifs is 1. The predicted molar refractivity (Wildman–Crippen MR) is 76.4 cm³/mol. The van der Waals surface area contributed by atoms with Crippen molar-refractivity contribution in [2.24, 2.45) is 0 Å². The topological polar surface area (TPSA) is 46.0 Å². The number of aromatic nitrogens is 2. The van der Waals surface area contributed by atoms with Crippen LogP contribution in [0.15, 0.2) is 42.5 Å². The molecule has 0 aliphatic carbocycles. The number of rotatable bonds is 1. The molecule has 1 heterocycles. The lowest BCUT2D eigenvalue weighted by atomic mass is 10.1. The Kier molecular flexibility index (Phi) is 3.24. The predicted octanol–water partition coefficient (Wildman–Crippen LogP) is 4.33. The molecule has 0 aliphatic rings. The first-order valence-electron chi connectivity index (χ1n) is 6.50. The first-order valence-corrected chi connectivity index (χ1v) is 6.50. The van der Waals surface area contributed by atoms with Crippen molar-refractivity contribution < 1.29 is 18.3 Å². The molecule has 0 radical (unpaired) electrons. The fourth-order valence-electron chi connectivity index (χ4n) is 2.29. The summed E-state index contributed by atoms with van der Waals surface area (Å²) in [5.41, 5.74) is 0.708. The van der Waals surface area contributed by atoms with Crippen LogP contribution in [0.5, 0.6) is 5.75 Å². The molecule has 0 amide bonds. The third-order valence-electron chi connectivity index (χ3n) is 3.32. The van der Waals surface area contributed by atoms with Crippen LogP contribution >= 0.6 is 0 Å². The Bertz CT molecular complexity index is 842. The molecule has 3 rings (SSSR count). The second-order valence-electron chi connectivity index (χ2n) is 4.88. The maximum Gasteiger partial charge on any atom is 0.418 e. The van der Waals surface area contributed by atoms with E-state index in [2.05, 4.69) is 9.97 Å². The minimum absolute atomic E-state index is 0.0751. The van der Waals surface area contributed by atoms with Crippen molar-refractivity contribution in [1.82, 2.24) is 9.97 Å². The fraction of sp³-hybridized carbons (Fsp3) is 0.125. The molecule has 22 heavy (non-hydrogen) atoms. The first-order chi connectivity index (χ1) is 10.4. The molecule has 6 heteroatoms. The second kappa shape index (κ2) is 4.98. The lowest BCUT2D eigenvalue weighted by molar-refractivity contribution is -0.136. The molecule has 0 saturated heterocycles. The van der Waals surface area contributed by atoms with Crippen molar-refractivity contribution in [3.05, 3.63) is 53.7 Å². The summed E-state index contributed by atoms with van der Waals surface area (Å²) >= 11 is 0. The van der Waals surface area contributed by atoms with Crippen LogP contribution in [-0.4, -0.2) is 15.1 Å². The highest BCUT2D eigenvalue weighted by molar-refractivity contribution is 5.82. The number of hydrogen-bond donors (Lipinski definition) is 1. The van der Waals surface area contributed by atoms with Crippen LogP contribution in [0.3, 0.4) is 0 Å². The van der Waals surface area contributed by atoms with Gasteiger partial charge in [0.25, 0.3) is 0 Å². The van der Waals surface area contributed by atoms with E-state index in [-0.39, 0.29) is 16.8 Å². The Morgan fingerprint density at radius 1 is 0.955 bits per heavy atom. The van der Waals surface area contributed by atoms with E-state index >= 15 is 0 Å². The van der Waals surface area contributed by atoms with Crippen LogP contribution in [0.4, 0.5) is 13.2 Å². The first kappa shape index (κ1) is 14.3. The van der Waals surface area contributed by atoms with Crippen molar-refractivity contribution in [3.8, 4) is 17.0 Å². The number of alkyl halides is 3. The van der Waals surface area contributed by atoms with Gasteiger partial charge in [-0.25, -0.2) is 9.97 Å². The quantitative estimate of drug-likeness (QED) is 0.728. The molecule has 0 saturated carbocycles. The lowest BCUT2D eigenvalue weighted by Crippen LogP contribution is -2.08. The third-order valence-corrected chi connectivity index (χ3v) is 3.32. The maximum absolute atomic E-state index is 13.1. The van der Waals surface area contributed by atoms with Crippen LogP contribution in [0.1, 0.15) is 11.3 Å². The van der Waals surface area contributed by atoms with Crippen LogP contribution in [0.25, 0.3) is 22.3 Å². The van der Waals surface area contributed by atoms with Crippen molar-refractivity contribution in [2.75, 3.05) is 0 Å². The second-order valence-corrected chi connectivity index (χ2v) is 4.88. The summed E-state index contributed by atoms with van der Waals surface area (Å²) in [5, 5.41) is 9.31. The maximum atomic E-state index is 13.1. The standard InChI is InChI=1S/C16H11F3N2O/c1-9-14(10-5-7-11(22)8-6-10)21-15-12(16(17,18)19)3-2-4-13(15)20-9/h2-8,22H,1H3. The molecule has 1 aromatic heterocycles. The van der Waals surface area contributed by atoms with Crippen molar-refractivity contribution in [3.63, 3.8) is 0 Å². The summed E-state index contributed by atoms with van der Waals surface area (Å²) in [7, 11) is 0. The molecule has 0 bridgehead atoms. The average Bonchev–Trinajstić information content (AvgIpc) is 2.46. The van der Waals surface area contributed by atoms with Gasteiger partial charge in [-0.05, 0) is 43.3 Å². The van der Waals surface area contributed by atoms with E-state index in [4.69, 9.17) is 0 Å². The highest BCUT2D eigenvalue weighted by atomic mass is 19.4. The number of halogens is 3. The number of hydrogen-bond acceptors (Lipinski definition) is 3. The van der Waals surface area contributed by atoms with Gasteiger partial charge in [0.05, 0.1) is 22.5 Å². The molecule has 112 valence electrons. The van der Waals surface area contributed by atoms with Gasteiger partial charge < -0.3 is 5.11 Å². The summed E-state index contributed by atoms with van der Waals surface area (Å²) in [6.45, 7) is 1.69. The summed E-state index contributed by atoms with van der Waals surface area (Å²) < 4.78 is 39.3. The summed E-state index contributed by atoms with van der Waals surface area (Å²) in [6.07, 6.45) is -4.49. The fourth-order valence-corrected chi connectivity index (χ4v) is 2.29. The van der Waals surface area contributed by atoms with Gasteiger partial charge in [-0.3, -0.25) is 0 Å². The molecule has 3 aromatic rings. The smallest absolute Gasteiger partial charge is 0.418 e. The summed E-state index contributed by atoms with van der Waals surface area (Å²) in [4.78, 5) is 8.40. The average molecular weight is 304 g/mol. The molecular formula is C16H11F3N2O. The third kappa shape index (κ3) is 2.47. The van der Waals surface area contributed by atoms with Gasteiger partial charge in [0, 0.05) is 5.56 Å². The molecule has 0 spiro atoms. The van der Waals surface area contributed by atoms with Gasteiger partial charge in [0.1, 0.15) is 11.3 Å². The van der Waals surface area contributed by atoms with Gasteiger partial charge in [0.2, 0.25) is 0 Å². The Hall–Kier alpha value is -2.63. The number of nitrogens with zero attached hydrogens (tertiary/aromatic N) is 2. The van der Waals surface area contributed by atoms with Crippen LogP contribution in [0, 0.1) is 6.92 Å². The number of para-hydroxylation sites is 1. The van der Waals surface area contributed by atoms with E-state index in [1.165, 1.54) is 24.3 Å². The zero-order valence-corrected chi connectivity index (χ0v) is 11.5. The van der Waals surface area contributed by atoms with E-state index in [9.17, 15) is 18.3 Å². The Balaban J connectivity index is 2.28. The van der Waals surface area contributed by atoms with E-state index in [1.54, 1.807) is 19.1 Å². The molecule has 0 fully saturated rings. The van der Waals surface area contributed by atoms with Crippen molar-refractivity contribution in [1.29, 1.82) is 0 Å². The number of aryl methyl sites for hydroxylation is 1. The Morgan fingerprint density at radius 2 is 1.64 bits per heavy atom. The van der Waals surface area contributed by atoms with Gasteiger partial charge in [-0.15, -0.1) is 0 Å². The Morgan fingerprint density at radius 3 is 2.27 bits per heavy atom. The molecule has 3 nitrogen and oxygen atoms in total. The number of benzene rings is 2. The SMILES string of the molecule is Cc1nc2cccc(C(F)(F)F)c2nc1-c1ccc(O)cc1. The number of phenolic OH excluding ortho intramolecular Hbond substituents is 1. The van der Waals surface area contributed by atoms with Gasteiger partial charge in [0.15, 0.2) is 0 Å². The van der Waals surface area contributed by atoms with Gasteiger partial charge >= 0.3 is 6.18 Å². The summed E-state index contributed by atoms with van der Waals surface area (Å²) in [5.74, 6) is 0.0751. The lowest BCUT2D eigenvalue weighted by Gasteiger charge is -2.12. The zero-order chi connectivity index (χ0) is 15.9. The largest absolute Gasteiger partial charge is 0.508 e. The summed E-state index contributed by atoms with van der Waals surface area (Å²) in [6, 6.07) is 9.91. The monoisotopic (exact) mass is 304 g/mol. The van der Waals surface area contributed by atoms with Crippen LogP contribution in [0.2, 0.25) is 0 Å². The molecule has 0 unspecified atom stereocenters. The molecule has 0 atom stereocenters. The molecule has 1 N–H and O–H groups in total. The minimum Gasteiger partial charge on any atom is -0.508 e. The Labute approximate surface area is 124 Å². The number of aromatic hydroxyl groups is 1. The van der Waals surface area contributed by atoms with E-state index in [0.29, 0.717) is 17.0 Å². The van der Waals surface area contributed by atoms with Crippen molar-refractivity contribution >= 4 is 11.0 Å². The van der Waals surface area contributed by atoms with Gasteiger partial charge in [-0.1, -0.05) is 6.07 Å². The normalized spacial score (nSPS) is 11.8. The van der Waals surface area contributed by atoms with Crippen LogP contribution in [-0.2, 0) is 6.18 Å². The highest BCUT2D eigenvalue weighted by Gasteiger charge is 2.33. The number of phenols is 1. The molecule has 2 aromatic carbocycles. The highest BCUT2D eigenvalue weighted by Crippen LogP contribution is 2.34. The molecule has 0 aliphatic heterocycles. The van der Waals surface area contributed by atoms with Crippen LogP contribution < -0.4 is 0 Å². The van der Waals surface area contributed by atoms with E-state index in [0.717, 1.165) is 6.07 Å². The molecular weight excluding hydrogens is 293 g/mol. The van der Waals surface area contributed by atoms with Crippen molar-refractivity contribution in [2.45, 2.75) is 13.1 Å².